The summed E-state index contributed by atoms with van der Waals surface area (Å²) < 4.78 is 2.31. The van der Waals surface area contributed by atoms with Crippen LogP contribution in [0, 0.1) is 0 Å². The van der Waals surface area contributed by atoms with Crippen molar-refractivity contribution in [2.24, 2.45) is 14.1 Å². The lowest BCUT2D eigenvalue weighted by atomic mass is 10.3. The number of aromatic amines is 1. The van der Waals surface area contributed by atoms with Crippen LogP contribution in [-0.2, 0) is 25.3 Å². The fourth-order valence-electron chi connectivity index (χ4n) is 2.19. The van der Waals surface area contributed by atoms with Gasteiger partial charge < -0.3 is 10.3 Å². The number of fused-ring (bicyclic) bond motifs is 1. The van der Waals surface area contributed by atoms with E-state index in [9.17, 15) is 14.4 Å². The Kier molecular flexibility index (Phi) is 3.82. The highest BCUT2D eigenvalue weighted by Crippen LogP contribution is 2.11. The average Bonchev–Trinajstić information content (AvgIpc) is 3.18. The Morgan fingerprint density at radius 2 is 2.13 bits per heavy atom. The van der Waals surface area contributed by atoms with Crippen molar-refractivity contribution in [3.05, 3.63) is 38.2 Å². The molecule has 0 spiro atoms. The van der Waals surface area contributed by atoms with Gasteiger partial charge in [-0.25, -0.2) is 14.8 Å². The molecule has 0 aliphatic rings. The van der Waals surface area contributed by atoms with Gasteiger partial charge in [-0.3, -0.25) is 18.7 Å². The molecule has 23 heavy (non-hydrogen) atoms. The molecule has 0 atom stereocenters. The number of imidazole rings is 1. The fraction of sp³-hybridized carbons (Fsp3) is 0.308. The maximum absolute atomic E-state index is 12.1. The number of hydrogen-bond donors (Lipinski definition) is 2. The maximum Gasteiger partial charge on any atom is 0.332 e. The molecule has 0 saturated heterocycles. The maximum atomic E-state index is 12.1. The van der Waals surface area contributed by atoms with E-state index in [0.717, 1.165) is 4.57 Å². The SMILES string of the molecule is Cn1c(=O)c2[nH]c(CCC(=O)Nc3nccs3)nc2n(C)c1=O. The van der Waals surface area contributed by atoms with Crippen molar-refractivity contribution in [3.8, 4) is 0 Å². The first-order chi connectivity index (χ1) is 11.0. The van der Waals surface area contributed by atoms with Crippen LogP contribution in [0.3, 0.4) is 0 Å². The summed E-state index contributed by atoms with van der Waals surface area (Å²) >= 11 is 1.34. The van der Waals surface area contributed by atoms with Gasteiger partial charge in [-0.2, -0.15) is 0 Å². The zero-order valence-electron chi connectivity index (χ0n) is 12.5. The number of anilines is 1. The van der Waals surface area contributed by atoms with Crippen LogP contribution >= 0.6 is 11.3 Å². The topological polar surface area (TPSA) is 115 Å². The molecule has 3 aromatic rings. The van der Waals surface area contributed by atoms with E-state index in [1.54, 1.807) is 18.6 Å². The molecule has 0 radical (unpaired) electrons. The van der Waals surface area contributed by atoms with Gasteiger partial charge in [0.25, 0.3) is 5.56 Å². The number of H-pyrrole nitrogens is 1. The largest absolute Gasteiger partial charge is 0.336 e. The second-order valence-corrected chi connectivity index (χ2v) is 5.87. The van der Waals surface area contributed by atoms with Crippen LogP contribution in [0.1, 0.15) is 12.2 Å². The van der Waals surface area contributed by atoms with Crippen molar-refractivity contribution in [3.63, 3.8) is 0 Å². The minimum Gasteiger partial charge on any atom is -0.336 e. The number of nitrogens with zero attached hydrogens (tertiary/aromatic N) is 4. The Balaban J connectivity index is 1.80. The molecule has 10 heteroatoms. The van der Waals surface area contributed by atoms with E-state index in [4.69, 9.17) is 0 Å². The third kappa shape index (κ3) is 2.80. The summed E-state index contributed by atoms with van der Waals surface area (Å²) in [7, 11) is 2.95. The molecule has 9 nitrogen and oxygen atoms in total. The number of aromatic nitrogens is 5. The fourth-order valence-corrected chi connectivity index (χ4v) is 2.74. The van der Waals surface area contributed by atoms with Gasteiger partial charge in [0.15, 0.2) is 10.8 Å². The number of aryl methyl sites for hydroxylation is 2. The van der Waals surface area contributed by atoms with Crippen molar-refractivity contribution in [2.75, 3.05) is 5.32 Å². The number of amides is 1. The Morgan fingerprint density at radius 3 is 2.83 bits per heavy atom. The highest BCUT2D eigenvalue weighted by atomic mass is 32.1. The number of hydrogen-bond acceptors (Lipinski definition) is 6. The predicted molar refractivity (Wildman–Crippen MR) is 85.6 cm³/mol. The van der Waals surface area contributed by atoms with Crippen molar-refractivity contribution in [1.29, 1.82) is 0 Å². The monoisotopic (exact) mass is 334 g/mol. The average molecular weight is 334 g/mol. The molecule has 0 saturated carbocycles. The molecule has 3 rings (SSSR count). The van der Waals surface area contributed by atoms with Gasteiger partial charge in [-0.05, 0) is 0 Å². The molecule has 0 fully saturated rings. The molecule has 3 heterocycles. The summed E-state index contributed by atoms with van der Waals surface area (Å²) in [6, 6.07) is 0. The van der Waals surface area contributed by atoms with Gasteiger partial charge in [-0.1, -0.05) is 0 Å². The van der Waals surface area contributed by atoms with Crippen LogP contribution < -0.4 is 16.6 Å². The summed E-state index contributed by atoms with van der Waals surface area (Å²) in [5, 5.41) is 4.98. The van der Waals surface area contributed by atoms with E-state index >= 15 is 0 Å². The molecule has 3 aromatic heterocycles. The molecule has 0 aromatic carbocycles. The smallest absolute Gasteiger partial charge is 0.332 e. The Morgan fingerprint density at radius 1 is 1.35 bits per heavy atom. The second kappa shape index (κ2) is 5.80. The predicted octanol–water partition coefficient (Wildman–Crippen LogP) is -0.0119. The molecule has 0 unspecified atom stereocenters. The van der Waals surface area contributed by atoms with Gasteiger partial charge in [0.05, 0.1) is 0 Å². The van der Waals surface area contributed by atoms with Crippen LogP contribution in [-0.4, -0.2) is 30.0 Å². The third-order valence-electron chi connectivity index (χ3n) is 3.41. The van der Waals surface area contributed by atoms with Crippen LogP contribution in [0.2, 0.25) is 0 Å². The molecule has 1 amide bonds. The zero-order valence-corrected chi connectivity index (χ0v) is 13.3. The third-order valence-corrected chi connectivity index (χ3v) is 4.10. The van der Waals surface area contributed by atoms with E-state index in [-0.39, 0.29) is 23.5 Å². The number of carbonyl (C=O) groups excluding carboxylic acids is 1. The molecule has 2 N–H and O–H groups in total. The standard InChI is InChI=1S/C13H14N6O3S/c1-18-10-9(11(21)19(2)13(18)22)15-7(16-10)3-4-8(20)17-12-14-5-6-23-12/h5-6H,3-4H2,1-2H3,(H,15,16)(H,14,17,20). The second-order valence-electron chi connectivity index (χ2n) is 4.97. The van der Waals surface area contributed by atoms with E-state index < -0.39 is 11.2 Å². The van der Waals surface area contributed by atoms with Crippen molar-refractivity contribution < 1.29 is 4.79 Å². The van der Waals surface area contributed by atoms with E-state index in [0.29, 0.717) is 17.4 Å². The van der Waals surface area contributed by atoms with Crippen LogP contribution in [0.15, 0.2) is 21.2 Å². The van der Waals surface area contributed by atoms with E-state index in [2.05, 4.69) is 20.3 Å². The summed E-state index contributed by atoms with van der Waals surface area (Å²) in [5.41, 5.74) is -0.338. The lowest BCUT2D eigenvalue weighted by molar-refractivity contribution is -0.116. The molecule has 0 aliphatic carbocycles. The molecular weight excluding hydrogens is 320 g/mol. The highest BCUT2D eigenvalue weighted by Gasteiger charge is 2.14. The molecule has 0 aliphatic heterocycles. The summed E-state index contributed by atoms with van der Waals surface area (Å²) in [6.45, 7) is 0. The van der Waals surface area contributed by atoms with Gasteiger partial charge in [0, 0.05) is 38.5 Å². The van der Waals surface area contributed by atoms with Crippen LogP contribution in [0.25, 0.3) is 11.2 Å². The Hall–Kier alpha value is -2.75. The molecular formula is C13H14N6O3S. The summed E-state index contributed by atoms with van der Waals surface area (Å²) in [6.07, 6.45) is 2.12. The lowest BCUT2D eigenvalue weighted by Crippen LogP contribution is -2.36. The van der Waals surface area contributed by atoms with Crippen molar-refractivity contribution in [2.45, 2.75) is 12.8 Å². The minimum atomic E-state index is -0.443. The lowest BCUT2D eigenvalue weighted by Gasteiger charge is -2.00. The highest BCUT2D eigenvalue weighted by molar-refractivity contribution is 7.13. The van der Waals surface area contributed by atoms with Gasteiger partial charge in [-0.15, -0.1) is 11.3 Å². The van der Waals surface area contributed by atoms with Gasteiger partial charge in [0.2, 0.25) is 5.91 Å². The molecule has 120 valence electrons. The first-order valence-electron chi connectivity index (χ1n) is 6.81. The minimum absolute atomic E-state index is 0.188. The number of rotatable bonds is 4. The quantitative estimate of drug-likeness (QED) is 0.696. The number of thiazole rings is 1. The first-order valence-corrected chi connectivity index (χ1v) is 7.69. The normalized spacial score (nSPS) is 11.0. The van der Waals surface area contributed by atoms with Crippen LogP contribution in [0.4, 0.5) is 5.13 Å². The van der Waals surface area contributed by atoms with Crippen molar-refractivity contribution in [1.82, 2.24) is 24.1 Å². The first kappa shape index (κ1) is 15.2. The van der Waals surface area contributed by atoms with Gasteiger partial charge in [0.1, 0.15) is 11.3 Å². The zero-order chi connectivity index (χ0) is 16.6. The van der Waals surface area contributed by atoms with Gasteiger partial charge >= 0.3 is 5.69 Å². The number of carbonyl (C=O) groups is 1. The summed E-state index contributed by atoms with van der Waals surface area (Å²) in [5.74, 6) is 0.287. The van der Waals surface area contributed by atoms with Crippen LogP contribution in [0.5, 0.6) is 0 Å². The van der Waals surface area contributed by atoms with E-state index in [1.807, 2.05) is 0 Å². The Labute approximate surface area is 133 Å². The molecule has 0 bridgehead atoms. The Bertz CT molecular complexity index is 982. The number of nitrogens with one attached hydrogen (secondary N) is 2. The van der Waals surface area contributed by atoms with Crippen molar-refractivity contribution >= 4 is 33.5 Å². The van der Waals surface area contributed by atoms with E-state index in [1.165, 1.54) is 23.0 Å². The summed E-state index contributed by atoms with van der Waals surface area (Å²) in [4.78, 5) is 46.9.